The topological polar surface area (TPSA) is 38.5 Å². The summed E-state index contributed by atoms with van der Waals surface area (Å²) in [6, 6.07) is 14.6. The third-order valence-electron chi connectivity index (χ3n) is 4.54. The zero-order chi connectivity index (χ0) is 14.7. The van der Waals surface area contributed by atoms with Gasteiger partial charge in [0.1, 0.15) is 12.4 Å². The Hall–Kier alpha value is -1.29. The Bertz CT molecular complexity index is 614. The fourth-order valence-corrected chi connectivity index (χ4v) is 3.09. The first kappa shape index (κ1) is 17.1. The van der Waals surface area contributed by atoms with Crippen molar-refractivity contribution in [1.82, 2.24) is 4.90 Å². The van der Waals surface area contributed by atoms with E-state index in [2.05, 4.69) is 54.3 Å². The van der Waals surface area contributed by atoms with Crippen LogP contribution in [0.25, 0.3) is 10.8 Å². The highest BCUT2D eigenvalue weighted by atomic mass is 35.5. The van der Waals surface area contributed by atoms with Crippen LogP contribution >= 0.6 is 12.4 Å². The highest BCUT2D eigenvalue weighted by Crippen LogP contribution is 2.28. The van der Waals surface area contributed by atoms with Crippen LogP contribution in [0.15, 0.2) is 42.5 Å². The maximum atomic E-state index is 6.01. The van der Waals surface area contributed by atoms with Gasteiger partial charge in [-0.25, -0.2) is 0 Å². The molecule has 1 aliphatic rings. The van der Waals surface area contributed by atoms with Gasteiger partial charge in [0, 0.05) is 18.5 Å². The molecular weight excluding hydrogens is 296 g/mol. The van der Waals surface area contributed by atoms with Crippen LogP contribution in [-0.2, 0) is 0 Å². The van der Waals surface area contributed by atoms with Crippen LogP contribution < -0.4 is 10.5 Å². The molecule has 2 aromatic carbocycles. The van der Waals surface area contributed by atoms with E-state index in [1.807, 2.05) is 0 Å². The lowest BCUT2D eigenvalue weighted by Crippen LogP contribution is -2.33. The number of nitrogens with zero attached hydrogens (tertiary/aromatic N) is 1. The van der Waals surface area contributed by atoms with Gasteiger partial charge in [0.2, 0.25) is 0 Å². The monoisotopic (exact) mass is 320 g/mol. The fraction of sp³-hybridized carbons (Fsp3) is 0.444. The molecule has 4 heteroatoms. The van der Waals surface area contributed by atoms with E-state index >= 15 is 0 Å². The smallest absolute Gasteiger partial charge is 0.127 e. The molecule has 0 amide bonds. The van der Waals surface area contributed by atoms with Crippen LogP contribution in [0, 0.1) is 5.41 Å². The van der Waals surface area contributed by atoms with Crippen molar-refractivity contribution in [3.05, 3.63) is 42.5 Å². The van der Waals surface area contributed by atoms with Gasteiger partial charge in [-0.3, -0.25) is 4.90 Å². The summed E-state index contributed by atoms with van der Waals surface area (Å²) >= 11 is 0. The molecule has 2 N–H and O–H groups in total. The molecular formula is C18H25ClN2O. The fourth-order valence-electron chi connectivity index (χ4n) is 3.09. The predicted molar refractivity (Wildman–Crippen MR) is 94.9 cm³/mol. The number of hydrogen-bond donors (Lipinski definition) is 1. The van der Waals surface area contributed by atoms with Gasteiger partial charge < -0.3 is 10.5 Å². The summed E-state index contributed by atoms with van der Waals surface area (Å²) in [5, 5.41) is 2.42. The molecule has 0 aromatic heterocycles. The highest BCUT2D eigenvalue weighted by molar-refractivity contribution is 5.88. The SMILES string of the molecule is CC1(CN)CCN(CCOc2cccc3ccccc23)C1.Cl. The first-order chi connectivity index (χ1) is 10.2. The van der Waals surface area contributed by atoms with Gasteiger partial charge in [-0.15, -0.1) is 12.4 Å². The standard InChI is InChI=1S/C18H24N2O.ClH/c1-18(13-19)9-10-20(14-18)11-12-21-17-8-4-6-15-5-2-3-7-16(15)17;/h2-8H,9-14,19H2,1H3;1H. The van der Waals surface area contributed by atoms with Gasteiger partial charge in [0.15, 0.2) is 0 Å². The molecule has 0 spiro atoms. The maximum absolute atomic E-state index is 6.01. The molecule has 0 saturated carbocycles. The number of halogens is 1. The average Bonchev–Trinajstić information content (AvgIpc) is 2.90. The van der Waals surface area contributed by atoms with E-state index in [1.165, 1.54) is 17.2 Å². The van der Waals surface area contributed by atoms with Crippen molar-refractivity contribution in [3.8, 4) is 5.75 Å². The zero-order valence-electron chi connectivity index (χ0n) is 13.1. The van der Waals surface area contributed by atoms with Crippen molar-refractivity contribution < 1.29 is 4.74 Å². The number of hydrogen-bond acceptors (Lipinski definition) is 3. The van der Waals surface area contributed by atoms with E-state index in [-0.39, 0.29) is 12.4 Å². The lowest BCUT2D eigenvalue weighted by atomic mass is 9.90. The van der Waals surface area contributed by atoms with Crippen LogP contribution in [0.1, 0.15) is 13.3 Å². The third kappa shape index (κ3) is 3.72. The largest absolute Gasteiger partial charge is 0.492 e. The van der Waals surface area contributed by atoms with Crippen LogP contribution in [0.3, 0.4) is 0 Å². The second-order valence-electron chi connectivity index (χ2n) is 6.37. The van der Waals surface area contributed by atoms with Gasteiger partial charge in [-0.1, -0.05) is 43.3 Å². The van der Waals surface area contributed by atoms with E-state index < -0.39 is 0 Å². The highest BCUT2D eigenvalue weighted by Gasteiger charge is 2.31. The molecule has 1 heterocycles. The van der Waals surface area contributed by atoms with Crippen LogP contribution in [-0.4, -0.2) is 37.7 Å². The van der Waals surface area contributed by atoms with Gasteiger partial charge in [-0.2, -0.15) is 0 Å². The molecule has 1 aliphatic heterocycles. The Kier molecular flexibility index (Phi) is 5.68. The second kappa shape index (κ2) is 7.32. The molecule has 22 heavy (non-hydrogen) atoms. The predicted octanol–water partition coefficient (Wildman–Crippen LogP) is 3.31. The first-order valence-corrected chi connectivity index (χ1v) is 7.73. The number of fused-ring (bicyclic) bond motifs is 1. The summed E-state index contributed by atoms with van der Waals surface area (Å²) < 4.78 is 6.01. The van der Waals surface area contributed by atoms with E-state index in [0.717, 1.165) is 38.5 Å². The summed E-state index contributed by atoms with van der Waals surface area (Å²) in [4.78, 5) is 2.46. The number of rotatable bonds is 5. The van der Waals surface area contributed by atoms with E-state index in [0.29, 0.717) is 5.41 Å². The summed E-state index contributed by atoms with van der Waals surface area (Å²) in [7, 11) is 0. The average molecular weight is 321 g/mol. The van der Waals surface area contributed by atoms with Crippen LogP contribution in [0.4, 0.5) is 0 Å². The Morgan fingerprint density at radius 1 is 1.18 bits per heavy atom. The number of ether oxygens (including phenoxy) is 1. The quantitative estimate of drug-likeness (QED) is 0.918. The van der Waals surface area contributed by atoms with E-state index in [1.54, 1.807) is 0 Å². The Morgan fingerprint density at radius 3 is 2.73 bits per heavy atom. The van der Waals surface area contributed by atoms with Crippen molar-refractivity contribution in [2.45, 2.75) is 13.3 Å². The summed E-state index contributed by atoms with van der Waals surface area (Å²) in [6.07, 6.45) is 1.19. The Morgan fingerprint density at radius 2 is 1.95 bits per heavy atom. The first-order valence-electron chi connectivity index (χ1n) is 7.73. The lowest BCUT2D eigenvalue weighted by Gasteiger charge is -2.22. The lowest BCUT2D eigenvalue weighted by molar-refractivity contribution is 0.221. The molecule has 1 atom stereocenters. The van der Waals surface area contributed by atoms with Crippen molar-refractivity contribution in [1.29, 1.82) is 0 Å². The molecule has 1 unspecified atom stereocenters. The molecule has 0 radical (unpaired) electrons. The number of likely N-dealkylation sites (tertiary alicyclic amines) is 1. The third-order valence-corrected chi connectivity index (χ3v) is 4.54. The van der Waals surface area contributed by atoms with Gasteiger partial charge in [-0.05, 0) is 36.4 Å². The summed E-state index contributed by atoms with van der Waals surface area (Å²) in [5.41, 5.74) is 6.15. The summed E-state index contributed by atoms with van der Waals surface area (Å²) in [5.74, 6) is 0.980. The zero-order valence-corrected chi connectivity index (χ0v) is 13.9. The van der Waals surface area contributed by atoms with Crippen LogP contribution in [0.2, 0.25) is 0 Å². The number of nitrogens with two attached hydrogens (primary N) is 1. The molecule has 3 nitrogen and oxygen atoms in total. The number of benzene rings is 2. The van der Waals surface area contributed by atoms with E-state index in [9.17, 15) is 0 Å². The van der Waals surface area contributed by atoms with E-state index in [4.69, 9.17) is 10.5 Å². The molecule has 0 bridgehead atoms. The van der Waals surface area contributed by atoms with Crippen LogP contribution in [0.5, 0.6) is 5.75 Å². The minimum absolute atomic E-state index is 0. The normalized spacial score (nSPS) is 21.7. The maximum Gasteiger partial charge on any atom is 0.127 e. The Labute approximate surface area is 138 Å². The second-order valence-corrected chi connectivity index (χ2v) is 6.37. The summed E-state index contributed by atoms with van der Waals surface area (Å²) in [6.45, 7) is 6.97. The van der Waals surface area contributed by atoms with Gasteiger partial charge >= 0.3 is 0 Å². The minimum Gasteiger partial charge on any atom is -0.492 e. The molecule has 3 rings (SSSR count). The van der Waals surface area contributed by atoms with Crippen molar-refractivity contribution in [2.75, 3.05) is 32.8 Å². The van der Waals surface area contributed by atoms with Crippen molar-refractivity contribution in [2.24, 2.45) is 11.1 Å². The molecule has 120 valence electrons. The molecule has 1 fully saturated rings. The van der Waals surface area contributed by atoms with Crippen molar-refractivity contribution >= 4 is 23.2 Å². The van der Waals surface area contributed by atoms with Gasteiger partial charge in [0.05, 0.1) is 0 Å². The minimum atomic E-state index is 0. The Balaban J connectivity index is 0.00000176. The van der Waals surface area contributed by atoms with Crippen molar-refractivity contribution in [3.63, 3.8) is 0 Å². The van der Waals surface area contributed by atoms with Gasteiger partial charge in [0.25, 0.3) is 0 Å². The molecule has 1 saturated heterocycles. The molecule has 2 aromatic rings. The molecule has 0 aliphatic carbocycles.